The number of ether oxygens (including phenoxy) is 1. The van der Waals surface area contributed by atoms with Crippen LogP contribution in [0.2, 0.25) is 0 Å². The minimum absolute atomic E-state index is 0.712. The van der Waals surface area contributed by atoms with E-state index in [0.717, 1.165) is 33.9 Å². The summed E-state index contributed by atoms with van der Waals surface area (Å²) >= 11 is 5.19. The molecule has 1 heterocycles. The summed E-state index contributed by atoms with van der Waals surface area (Å²) < 4.78 is 6.82. The van der Waals surface area contributed by atoms with Crippen LogP contribution in [0, 0.1) is 0 Å². The highest BCUT2D eigenvalue weighted by atomic mass is 79.9. The number of benzene rings is 1. The fraction of sp³-hybridized carbons (Fsp3) is 0.333. The van der Waals surface area contributed by atoms with E-state index in [1.165, 1.54) is 5.56 Å². The molecule has 1 aromatic carbocycles. The molecule has 2 aromatic rings. The summed E-state index contributed by atoms with van der Waals surface area (Å²) in [7, 11) is 2.06. The van der Waals surface area contributed by atoms with Crippen molar-refractivity contribution in [3.05, 3.63) is 39.0 Å². The summed E-state index contributed by atoms with van der Waals surface area (Å²) in [6, 6.07) is 8.02. The molecular formula is C15H19BrN2OS. The maximum Gasteiger partial charge on any atom is 0.123 e. The minimum Gasteiger partial charge on any atom is -0.493 e. The lowest BCUT2D eigenvalue weighted by Crippen LogP contribution is -2.16. The first kappa shape index (κ1) is 15.2. The topological polar surface area (TPSA) is 38.5 Å². The number of rotatable bonds is 6. The van der Waals surface area contributed by atoms with Crippen LogP contribution >= 0.6 is 27.3 Å². The van der Waals surface area contributed by atoms with Crippen LogP contribution in [0.15, 0.2) is 33.4 Å². The van der Waals surface area contributed by atoms with Gasteiger partial charge in [-0.05, 0) is 45.4 Å². The van der Waals surface area contributed by atoms with Crippen molar-refractivity contribution in [3.8, 4) is 5.75 Å². The van der Waals surface area contributed by atoms with E-state index in [0.29, 0.717) is 6.61 Å². The molecule has 0 atom stereocenters. The molecule has 2 rings (SSSR count). The molecule has 20 heavy (non-hydrogen) atoms. The lowest BCUT2D eigenvalue weighted by Gasteiger charge is -2.20. The van der Waals surface area contributed by atoms with Crippen molar-refractivity contribution in [2.45, 2.75) is 19.9 Å². The zero-order valence-electron chi connectivity index (χ0n) is 11.7. The van der Waals surface area contributed by atoms with Crippen molar-refractivity contribution < 1.29 is 4.74 Å². The van der Waals surface area contributed by atoms with Gasteiger partial charge in [0.15, 0.2) is 0 Å². The third-order valence-corrected chi connectivity index (χ3v) is 4.42. The van der Waals surface area contributed by atoms with Crippen molar-refractivity contribution >= 4 is 38.6 Å². The standard InChI is InChI=1S/C15H19BrN2OS/c1-3-4-19-14-7-12(17)6-13(8-14)18(2)9-11-5-15(16)20-10-11/h5-8,10H,3-4,9,17H2,1-2H3. The second kappa shape index (κ2) is 6.99. The molecule has 0 aliphatic rings. The molecular weight excluding hydrogens is 336 g/mol. The number of anilines is 2. The number of halogens is 1. The van der Waals surface area contributed by atoms with Crippen molar-refractivity contribution in [2.75, 3.05) is 24.3 Å². The lowest BCUT2D eigenvalue weighted by atomic mass is 10.2. The molecule has 0 aliphatic carbocycles. The van der Waals surface area contributed by atoms with Crippen LogP contribution in [-0.2, 0) is 6.54 Å². The summed E-state index contributed by atoms with van der Waals surface area (Å²) in [5.41, 5.74) is 9.03. The highest BCUT2D eigenvalue weighted by Crippen LogP contribution is 2.27. The Morgan fingerprint density at radius 2 is 2.10 bits per heavy atom. The lowest BCUT2D eigenvalue weighted by molar-refractivity contribution is 0.317. The zero-order chi connectivity index (χ0) is 14.5. The van der Waals surface area contributed by atoms with E-state index in [2.05, 4.69) is 46.2 Å². The highest BCUT2D eigenvalue weighted by molar-refractivity contribution is 9.11. The average molecular weight is 355 g/mol. The van der Waals surface area contributed by atoms with Gasteiger partial charge in [0, 0.05) is 37.1 Å². The first-order valence-electron chi connectivity index (χ1n) is 6.56. The Bertz CT molecular complexity index is 571. The van der Waals surface area contributed by atoms with E-state index in [4.69, 9.17) is 10.5 Å². The molecule has 2 N–H and O–H groups in total. The number of nitrogen functional groups attached to an aromatic ring is 1. The largest absolute Gasteiger partial charge is 0.493 e. The molecule has 0 aliphatic heterocycles. The summed E-state index contributed by atoms with van der Waals surface area (Å²) in [4.78, 5) is 2.17. The smallest absolute Gasteiger partial charge is 0.123 e. The first-order valence-corrected chi connectivity index (χ1v) is 8.23. The second-order valence-corrected chi connectivity index (χ2v) is 7.01. The Morgan fingerprint density at radius 1 is 1.30 bits per heavy atom. The van der Waals surface area contributed by atoms with Crippen LogP contribution < -0.4 is 15.4 Å². The number of nitrogens with two attached hydrogens (primary N) is 1. The zero-order valence-corrected chi connectivity index (χ0v) is 14.1. The molecule has 1 aromatic heterocycles. The number of hydrogen-bond donors (Lipinski definition) is 1. The average Bonchev–Trinajstić information content (AvgIpc) is 2.81. The first-order chi connectivity index (χ1) is 9.58. The van der Waals surface area contributed by atoms with Gasteiger partial charge in [-0.25, -0.2) is 0 Å². The molecule has 0 radical (unpaired) electrons. The number of hydrogen-bond acceptors (Lipinski definition) is 4. The molecule has 108 valence electrons. The van der Waals surface area contributed by atoms with Gasteiger partial charge in [0.2, 0.25) is 0 Å². The van der Waals surface area contributed by atoms with Crippen molar-refractivity contribution in [3.63, 3.8) is 0 Å². The van der Waals surface area contributed by atoms with Crippen molar-refractivity contribution in [1.29, 1.82) is 0 Å². The predicted octanol–water partition coefficient (Wildman–Crippen LogP) is 4.52. The quantitative estimate of drug-likeness (QED) is 0.775. The monoisotopic (exact) mass is 354 g/mol. The Hall–Kier alpha value is -1.20. The molecule has 0 spiro atoms. The van der Waals surface area contributed by atoms with E-state index in [-0.39, 0.29) is 0 Å². The summed E-state index contributed by atoms with van der Waals surface area (Å²) in [5, 5.41) is 2.15. The summed E-state index contributed by atoms with van der Waals surface area (Å²) in [6.45, 7) is 3.65. The summed E-state index contributed by atoms with van der Waals surface area (Å²) in [5.74, 6) is 0.834. The number of thiophene rings is 1. The maximum atomic E-state index is 5.95. The third-order valence-electron chi connectivity index (χ3n) is 2.87. The normalized spacial score (nSPS) is 10.6. The van der Waals surface area contributed by atoms with E-state index < -0.39 is 0 Å². The molecule has 5 heteroatoms. The Balaban J connectivity index is 2.12. The van der Waals surface area contributed by atoms with Gasteiger partial charge < -0.3 is 15.4 Å². The van der Waals surface area contributed by atoms with Crippen LogP contribution in [0.1, 0.15) is 18.9 Å². The van der Waals surface area contributed by atoms with Crippen LogP contribution in [0.3, 0.4) is 0 Å². The highest BCUT2D eigenvalue weighted by Gasteiger charge is 2.07. The van der Waals surface area contributed by atoms with Gasteiger partial charge in [0.1, 0.15) is 5.75 Å². The third kappa shape index (κ3) is 4.15. The van der Waals surface area contributed by atoms with E-state index >= 15 is 0 Å². The van der Waals surface area contributed by atoms with Gasteiger partial charge in [-0.2, -0.15) is 0 Å². The van der Waals surface area contributed by atoms with E-state index in [1.807, 2.05) is 18.2 Å². The van der Waals surface area contributed by atoms with Crippen LogP contribution in [-0.4, -0.2) is 13.7 Å². The molecule has 0 saturated carbocycles. The fourth-order valence-electron chi connectivity index (χ4n) is 1.92. The van der Waals surface area contributed by atoms with E-state index in [9.17, 15) is 0 Å². The Labute approximate surface area is 132 Å². The van der Waals surface area contributed by atoms with Gasteiger partial charge in [0.25, 0.3) is 0 Å². The Kier molecular flexibility index (Phi) is 5.31. The SMILES string of the molecule is CCCOc1cc(N)cc(N(C)Cc2csc(Br)c2)c1. The molecule has 0 amide bonds. The predicted molar refractivity (Wildman–Crippen MR) is 90.8 cm³/mol. The number of nitrogens with zero attached hydrogens (tertiary/aromatic N) is 1. The minimum atomic E-state index is 0.712. The summed E-state index contributed by atoms with van der Waals surface area (Å²) in [6.07, 6.45) is 0.989. The molecule has 0 saturated heterocycles. The van der Waals surface area contributed by atoms with Crippen molar-refractivity contribution in [1.82, 2.24) is 0 Å². The van der Waals surface area contributed by atoms with Gasteiger partial charge in [-0.3, -0.25) is 0 Å². The maximum absolute atomic E-state index is 5.95. The van der Waals surface area contributed by atoms with Gasteiger partial charge in [0.05, 0.1) is 10.4 Å². The Morgan fingerprint density at radius 3 is 2.75 bits per heavy atom. The molecule has 0 bridgehead atoms. The molecule has 3 nitrogen and oxygen atoms in total. The van der Waals surface area contributed by atoms with Gasteiger partial charge >= 0.3 is 0 Å². The van der Waals surface area contributed by atoms with Crippen molar-refractivity contribution in [2.24, 2.45) is 0 Å². The molecule has 0 unspecified atom stereocenters. The second-order valence-electron chi connectivity index (χ2n) is 4.72. The fourth-order valence-corrected chi connectivity index (χ4v) is 3.12. The van der Waals surface area contributed by atoms with Crippen LogP contribution in [0.4, 0.5) is 11.4 Å². The van der Waals surface area contributed by atoms with Gasteiger partial charge in [-0.15, -0.1) is 11.3 Å². The van der Waals surface area contributed by atoms with Gasteiger partial charge in [-0.1, -0.05) is 6.92 Å². The van der Waals surface area contributed by atoms with Crippen LogP contribution in [0.5, 0.6) is 5.75 Å². The molecule has 0 fully saturated rings. The van der Waals surface area contributed by atoms with E-state index in [1.54, 1.807) is 11.3 Å². The van der Waals surface area contributed by atoms with Crippen LogP contribution in [0.25, 0.3) is 0 Å².